The topological polar surface area (TPSA) is 53.0 Å². The summed E-state index contributed by atoms with van der Waals surface area (Å²) in [5.41, 5.74) is 4.92. The molecular weight excluding hydrogens is 484 g/mol. The van der Waals surface area contributed by atoms with E-state index in [0.717, 1.165) is 39.6 Å². The summed E-state index contributed by atoms with van der Waals surface area (Å²) in [5, 5.41) is 9.71. The number of aromatic nitrogens is 4. The second kappa shape index (κ2) is 11.4. The lowest BCUT2D eigenvalue weighted by atomic mass is 10.2. The van der Waals surface area contributed by atoms with Crippen LogP contribution in [-0.4, -0.2) is 15.0 Å². The van der Waals surface area contributed by atoms with Gasteiger partial charge in [0.25, 0.3) is 0 Å². The summed E-state index contributed by atoms with van der Waals surface area (Å²) in [5.74, 6) is 2.20. The van der Waals surface area contributed by atoms with Crippen LogP contribution in [0.1, 0.15) is 11.1 Å². The lowest BCUT2D eigenvalue weighted by molar-refractivity contribution is -0.734. The van der Waals surface area contributed by atoms with Gasteiger partial charge in [-0.3, -0.25) is 0 Å². The van der Waals surface area contributed by atoms with Crippen LogP contribution in [0, 0.1) is 0 Å². The largest absolute Gasteiger partial charge is 0.489 e. The van der Waals surface area contributed by atoms with E-state index in [9.17, 15) is 0 Å². The van der Waals surface area contributed by atoms with Gasteiger partial charge in [0.05, 0.1) is 10.7 Å². The normalized spacial score (nSPS) is 10.8. The Balaban J connectivity index is 1.24. The second-order valence-corrected chi connectivity index (χ2v) is 9.00. The summed E-state index contributed by atoms with van der Waals surface area (Å²) in [7, 11) is 0. The van der Waals surface area contributed by atoms with Crippen molar-refractivity contribution in [3.05, 3.63) is 151 Å². The molecule has 6 heteroatoms. The van der Waals surface area contributed by atoms with Gasteiger partial charge in [-0.15, -0.1) is 0 Å². The Morgan fingerprint density at radius 2 is 1.03 bits per heavy atom. The molecule has 1 aromatic heterocycles. The monoisotopic (exact) mass is 511 g/mol. The number of ether oxygens (including phenoxy) is 2. The van der Waals surface area contributed by atoms with Crippen LogP contribution < -0.4 is 14.3 Å². The van der Waals surface area contributed by atoms with Gasteiger partial charge in [-0.05, 0) is 81.7 Å². The Bertz CT molecular complexity index is 1620. The van der Waals surface area contributed by atoms with Crippen molar-refractivity contribution >= 4 is 0 Å². The van der Waals surface area contributed by atoms with Crippen LogP contribution in [0.5, 0.6) is 11.5 Å². The van der Waals surface area contributed by atoms with Crippen LogP contribution in [0.2, 0.25) is 0 Å². The first kappa shape index (κ1) is 24.1. The lowest BCUT2D eigenvalue weighted by Gasteiger charge is -2.06. The highest BCUT2D eigenvalue weighted by Crippen LogP contribution is 2.21. The fourth-order valence-corrected chi connectivity index (χ4v) is 4.15. The van der Waals surface area contributed by atoms with Crippen LogP contribution in [0.25, 0.3) is 22.8 Å². The molecule has 1 heterocycles. The number of benzene rings is 5. The molecule has 0 aliphatic rings. The summed E-state index contributed by atoms with van der Waals surface area (Å²) in [6.45, 7) is 1.04. The molecule has 0 fully saturated rings. The Labute approximate surface area is 227 Å². The van der Waals surface area contributed by atoms with Crippen molar-refractivity contribution in [2.24, 2.45) is 0 Å². The number of para-hydroxylation sites is 1. The molecule has 0 amide bonds. The van der Waals surface area contributed by atoms with Crippen molar-refractivity contribution < 1.29 is 14.3 Å². The molecule has 0 unspecified atom stereocenters. The molecule has 0 aliphatic heterocycles. The molecule has 190 valence electrons. The Morgan fingerprint density at radius 1 is 0.538 bits per heavy atom. The summed E-state index contributed by atoms with van der Waals surface area (Å²) in [4.78, 5) is 3.60. The first-order chi connectivity index (χ1) is 19.3. The van der Waals surface area contributed by atoms with E-state index in [1.807, 2.05) is 115 Å². The maximum atomic E-state index is 5.97. The number of rotatable bonds is 9. The first-order valence-corrected chi connectivity index (χ1v) is 12.8. The molecule has 39 heavy (non-hydrogen) atoms. The fourth-order valence-electron chi connectivity index (χ4n) is 4.15. The summed E-state index contributed by atoms with van der Waals surface area (Å²) >= 11 is 0. The highest BCUT2D eigenvalue weighted by atomic mass is 16.5. The predicted octanol–water partition coefficient (Wildman–Crippen LogP) is 6.37. The van der Waals surface area contributed by atoms with Gasteiger partial charge in [0, 0.05) is 4.80 Å². The fraction of sp³-hybridized carbons (Fsp3) is 0.0606. The molecule has 0 bridgehead atoms. The minimum Gasteiger partial charge on any atom is -0.489 e. The average molecular weight is 512 g/mol. The van der Waals surface area contributed by atoms with Crippen molar-refractivity contribution in [2.45, 2.75) is 13.2 Å². The molecule has 0 aliphatic carbocycles. The van der Waals surface area contributed by atoms with Gasteiger partial charge >= 0.3 is 5.82 Å². The molecule has 0 N–H and O–H groups in total. The van der Waals surface area contributed by atoms with Gasteiger partial charge in [-0.1, -0.05) is 78.9 Å². The van der Waals surface area contributed by atoms with Gasteiger partial charge < -0.3 is 9.47 Å². The van der Waals surface area contributed by atoms with E-state index < -0.39 is 0 Å². The van der Waals surface area contributed by atoms with Gasteiger partial charge in [0.2, 0.25) is 0 Å². The van der Waals surface area contributed by atoms with E-state index in [1.54, 1.807) is 9.59 Å². The number of tetrazole rings is 1. The zero-order valence-corrected chi connectivity index (χ0v) is 21.3. The van der Waals surface area contributed by atoms with Gasteiger partial charge in [-0.2, -0.15) is 0 Å². The van der Waals surface area contributed by atoms with Crippen molar-refractivity contribution in [3.63, 3.8) is 0 Å². The van der Waals surface area contributed by atoms with E-state index in [2.05, 4.69) is 24.3 Å². The van der Waals surface area contributed by atoms with Crippen molar-refractivity contribution in [1.29, 1.82) is 0 Å². The van der Waals surface area contributed by atoms with Crippen molar-refractivity contribution in [3.8, 4) is 34.3 Å². The zero-order chi connectivity index (χ0) is 26.3. The number of hydrogen-bond donors (Lipinski definition) is 0. The molecule has 0 spiro atoms. The second-order valence-electron chi connectivity index (χ2n) is 9.00. The van der Waals surface area contributed by atoms with E-state index >= 15 is 0 Å². The smallest absolute Gasteiger partial charge is 0.340 e. The lowest BCUT2D eigenvalue weighted by Crippen LogP contribution is -2.43. The third kappa shape index (κ3) is 5.86. The highest BCUT2D eigenvalue weighted by molar-refractivity contribution is 5.55. The Morgan fingerprint density at radius 3 is 1.56 bits per heavy atom. The first-order valence-electron chi connectivity index (χ1n) is 12.8. The minimum atomic E-state index is 0.517. The molecule has 0 saturated carbocycles. The standard InChI is InChI=1S/C33H27N4O2/c1-4-10-26(11-5-1)24-38-31-20-16-28(17-21-31)33-34-36(29-14-8-3-9-15-29)37(35-33)30-18-22-32(23-19-30)39-25-27-12-6-2-7-13-27/h1-23H,24-25H2/q+1. The van der Waals surface area contributed by atoms with Crippen LogP contribution >= 0.6 is 0 Å². The van der Waals surface area contributed by atoms with E-state index in [0.29, 0.717) is 19.0 Å². The zero-order valence-electron chi connectivity index (χ0n) is 21.3. The summed E-state index contributed by atoms with van der Waals surface area (Å²) in [6.07, 6.45) is 0. The Kier molecular flexibility index (Phi) is 7.08. The van der Waals surface area contributed by atoms with E-state index in [1.165, 1.54) is 0 Å². The molecule has 0 saturated heterocycles. The molecule has 5 aromatic carbocycles. The molecule has 6 rings (SSSR count). The maximum absolute atomic E-state index is 5.97. The predicted molar refractivity (Wildman–Crippen MR) is 150 cm³/mol. The van der Waals surface area contributed by atoms with Crippen molar-refractivity contribution in [1.82, 2.24) is 15.0 Å². The minimum absolute atomic E-state index is 0.517. The molecular formula is C33H27N4O2+. The van der Waals surface area contributed by atoms with E-state index in [4.69, 9.17) is 19.7 Å². The quantitative estimate of drug-likeness (QED) is 0.212. The third-order valence-electron chi connectivity index (χ3n) is 6.22. The third-order valence-corrected chi connectivity index (χ3v) is 6.22. The highest BCUT2D eigenvalue weighted by Gasteiger charge is 2.23. The summed E-state index contributed by atoms with van der Waals surface area (Å²) < 4.78 is 11.9. The van der Waals surface area contributed by atoms with Gasteiger partial charge in [0.15, 0.2) is 5.69 Å². The van der Waals surface area contributed by atoms with Crippen LogP contribution in [0.4, 0.5) is 0 Å². The Hall–Kier alpha value is -5.23. The SMILES string of the molecule is c1ccc(COc2ccc(-c3nn(-c4ccccc4)[n+](-c4ccc(OCc5ccccc5)cc4)n3)cc2)cc1. The van der Waals surface area contributed by atoms with Crippen LogP contribution in [0.3, 0.4) is 0 Å². The van der Waals surface area contributed by atoms with Crippen molar-refractivity contribution in [2.75, 3.05) is 0 Å². The molecule has 0 radical (unpaired) electrons. The summed E-state index contributed by atoms with van der Waals surface area (Å²) in [6, 6.07) is 46.0. The van der Waals surface area contributed by atoms with Crippen LogP contribution in [0.15, 0.2) is 140 Å². The molecule has 6 aromatic rings. The average Bonchev–Trinajstić information content (AvgIpc) is 3.47. The van der Waals surface area contributed by atoms with E-state index in [-0.39, 0.29) is 0 Å². The van der Waals surface area contributed by atoms with Gasteiger partial charge in [0.1, 0.15) is 30.4 Å². The number of hydrogen-bond acceptors (Lipinski definition) is 4. The maximum Gasteiger partial charge on any atom is 0.340 e. The molecule has 6 nitrogen and oxygen atoms in total. The van der Waals surface area contributed by atoms with Crippen LogP contribution in [-0.2, 0) is 13.2 Å². The van der Waals surface area contributed by atoms with Gasteiger partial charge in [-0.25, -0.2) is 0 Å². The molecule has 0 atom stereocenters. The number of nitrogens with zero attached hydrogens (tertiary/aromatic N) is 4.